The van der Waals surface area contributed by atoms with Crippen LogP contribution in [0.1, 0.15) is 13.8 Å². The number of benzene rings is 1. The Labute approximate surface area is 105 Å². The summed E-state index contributed by atoms with van der Waals surface area (Å²) >= 11 is 0. The van der Waals surface area contributed by atoms with Crippen LogP contribution in [-0.2, 0) is 4.79 Å². The standard InChI is InChI=1S/C12H16N2O4/c1-8(2)11(12(15)16)7-13-9-3-5-10(6-4-9)14(17)18/h3-6,8,11,13H,7H2,1-2H3,(H,15,16). The third-order valence-corrected chi connectivity index (χ3v) is 2.73. The molecule has 0 heterocycles. The molecule has 1 aromatic rings. The molecule has 1 atom stereocenters. The highest BCUT2D eigenvalue weighted by Crippen LogP contribution is 2.17. The predicted octanol–water partition coefficient (Wildman–Crippen LogP) is 2.36. The van der Waals surface area contributed by atoms with Gasteiger partial charge in [-0.3, -0.25) is 14.9 Å². The average molecular weight is 252 g/mol. The van der Waals surface area contributed by atoms with E-state index in [1.807, 2.05) is 13.8 Å². The van der Waals surface area contributed by atoms with Gasteiger partial charge in [-0.25, -0.2) is 0 Å². The van der Waals surface area contributed by atoms with Gasteiger partial charge in [-0.05, 0) is 18.1 Å². The maximum absolute atomic E-state index is 11.0. The first kappa shape index (κ1) is 14.0. The van der Waals surface area contributed by atoms with E-state index in [0.717, 1.165) is 0 Å². The van der Waals surface area contributed by atoms with Crippen molar-refractivity contribution in [3.05, 3.63) is 34.4 Å². The van der Waals surface area contributed by atoms with Crippen molar-refractivity contribution < 1.29 is 14.8 Å². The molecule has 0 aliphatic heterocycles. The number of non-ortho nitro benzene ring substituents is 1. The lowest BCUT2D eigenvalue weighted by Crippen LogP contribution is -2.27. The van der Waals surface area contributed by atoms with Crippen LogP contribution in [0.3, 0.4) is 0 Å². The van der Waals surface area contributed by atoms with Crippen LogP contribution in [-0.4, -0.2) is 22.5 Å². The summed E-state index contributed by atoms with van der Waals surface area (Å²) in [4.78, 5) is 21.0. The van der Waals surface area contributed by atoms with Gasteiger partial charge in [-0.15, -0.1) is 0 Å². The molecule has 6 nitrogen and oxygen atoms in total. The molecule has 0 aromatic heterocycles. The highest BCUT2D eigenvalue weighted by molar-refractivity contribution is 5.71. The van der Waals surface area contributed by atoms with Crippen LogP contribution in [0, 0.1) is 22.0 Å². The quantitative estimate of drug-likeness (QED) is 0.599. The Hall–Kier alpha value is -2.11. The zero-order chi connectivity index (χ0) is 13.7. The number of rotatable bonds is 6. The summed E-state index contributed by atoms with van der Waals surface area (Å²) < 4.78 is 0. The molecule has 98 valence electrons. The number of nitro groups is 1. The molecule has 1 aromatic carbocycles. The smallest absolute Gasteiger partial charge is 0.308 e. The van der Waals surface area contributed by atoms with E-state index < -0.39 is 16.8 Å². The Morgan fingerprint density at radius 2 is 1.94 bits per heavy atom. The summed E-state index contributed by atoms with van der Waals surface area (Å²) in [6.45, 7) is 3.98. The van der Waals surface area contributed by atoms with Crippen LogP contribution in [0.2, 0.25) is 0 Å². The molecule has 18 heavy (non-hydrogen) atoms. The van der Waals surface area contributed by atoms with Crippen molar-refractivity contribution in [2.24, 2.45) is 11.8 Å². The van der Waals surface area contributed by atoms with Gasteiger partial charge in [0, 0.05) is 24.4 Å². The molecule has 6 heteroatoms. The molecule has 1 unspecified atom stereocenters. The van der Waals surface area contributed by atoms with Gasteiger partial charge in [-0.2, -0.15) is 0 Å². The number of carbonyl (C=O) groups is 1. The highest BCUT2D eigenvalue weighted by Gasteiger charge is 2.20. The predicted molar refractivity (Wildman–Crippen MR) is 67.5 cm³/mol. The topological polar surface area (TPSA) is 92.5 Å². The van der Waals surface area contributed by atoms with Gasteiger partial charge in [0.15, 0.2) is 0 Å². The first-order valence-electron chi connectivity index (χ1n) is 5.63. The number of hydrogen-bond acceptors (Lipinski definition) is 4. The first-order valence-corrected chi connectivity index (χ1v) is 5.63. The van der Waals surface area contributed by atoms with E-state index in [2.05, 4.69) is 5.32 Å². The fourth-order valence-electron chi connectivity index (χ4n) is 1.54. The number of carboxylic acid groups (broad SMARTS) is 1. The molecule has 0 bridgehead atoms. The van der Waals surface area contributed by atoms with E-state index in [1.54, 1.807) is 12.1 Å². The molecule has 0 radical (unpaired) electrons. The zero-order valence-electron chi connectivity index (χ0n) is 10.3. The van der Waals surface area contributed by atoms with Gasteiger partial charge in [0.1, 0.15) is 0 Å². The maximum atomic E-state index is 11.0. The van der Waals surface area contributed by atoms with Gasteiger partial charge in [0.2, 0.25) is 0 Å². The lowest BCUT2D eigenvalue weighted by molar-refractivity contribution is -0.384. The Morgan fingerprint density at radius 3 is 2.33 bits per heavy atom. The van der Waals surface area contributed by atoms with Crippen molar-refractivity contribution >= 4 is 17.3 Å². The average Bonchev–Trinajstić information content (AvgIpc) is 2.28. The first-order chi connectivity index (χ1) is 8.41. The summed E-state index contributed by atoms with van der Waals surface area (Å²) in [7, 11) is 0. The van der Waals surface area contributed by atoms with Crippen molar-refractivity contribution in [2.75, 3.05) is 11.9 Å². The minimum Gasteiger partial charge on any atom is -0.481 e. The van der Waals surface area contributed by atoms with Crippen molar-refractivity contribution in [1.82, 2.24) is 0 Å². The Bertz CT molecular complexity index is 428. The maximum Gasteiger partial charge on any atom is 0.308 e. The lowest BCUT2D eigenvalue weighted by Gasteiger charge is -2.17. The largest absolute Gasteiger partial charge is 0.481 e. The number of nitrogens with zero attached hydrogens (tertiary/aromatic N) is 1. The summed E-state index contributed by atoms with van der Waals surface area (Å²) in [5.74, 6) is -1.31. The third kappa shape index (κ3) is 3.73. The van der Waals surface area contributed by atoms with Gasteiger partial charge in [-0.1, -0.05) is 13.8 Å². The SMILES string of the molecule is CC(C)C(CNc1ccc([N+](=O)[O-])cc1)C(=O)O. The molecule has 0 saturated carbocycles. The number of aliphatic carboxylic acids is 1. The highest BCUT2D eigenvalue weighted by atomic mass is 16.6. The van der Waals surface area contributed by atoms with Crippen LogP contribution >= 0.6 is 0 Å². The van der Waals surface area contributed by atoms with E-state index in [1.165, 1.54) is 12.1 Å². The number of hydrogen-bond donors (Lipinski definition) is 2. The summed E-state index contributed by atoms with van der Waals surface area (Å²) in [5.41, 5.74) is 0.687. The monoisotopic (exact) mass is 252 g/mol. The number of carboxylic acids is 1. The molecule has 2 N–H and O–H groups in total. The molecule has 0 spiro atoms. The number of anilines is 1. The fourth-order valence-corrected chi connectivity index (χ4v) is 1.54. The van der Waals surface area contributed by atoms with Gasteiger partial charge >= 0.3 is 5.97 Å². The molecule has 0 saturated heterocycles. The third-order valence-electron chi connectivity index (χ3n) is 2.73. The Morgan fingerprint density at radius 1 is 1.39 bits per heavy atom. The van der Waals surface area contributed by atoms with E-state index in [0.29, 0.717) is 12.2 Å². The van der Waals surface area contributed by atoms with E-state index in [9.17, 15) is 14.9 Å². The van der Waals surface area contributed by atoms with Crippen molar-refractivity contribution in [3.8, 4) is 0 Å². The Kier molecular flexibility index (Phi) is 4.65. The normalized spacial score (nSPS) is 12.2. The summed E-state index contributed by atoms with van der Waals surface area (Å²) in [6, 6.07) is 5.90. The Balaban J connectivity index is 2.62. The minimum absolute atomic E-state index is 0.0131. The molecule has 0 fully saturated rings. The summed E-state index contributed by atoms with van der Waals surface area (Å²) in [6.07, 6.45) is 0. The van der Waals surface area contributed by atoms with Crippen LogP contribution in [0.5, 0.6) is 0 Å². The lowest BCUT2D eigenvalue weighted by atomic mass is 9.96. The number of nitro benzene ring substituents is 1. The molecular weight excluding hydrogens is 236 g/mol. The number of nitrogens with one attached hydrogen (secondary N) is 1. The molecule has 0 amide bonds. The van der Waals surface area contributed by atoms with Crippen LogP contribution < -0.4 is 5.32 Å². The van der Waals surface area contributed by atoms with Gasteiger partial charge in [0.25, 0.3) is 5.69 Å². The van der Waals surface area contributed by atoms with Crippen molar-refractivity contribution in [3.63, 3.8) is 0 Å². The van der Waals surface area contributed by atoms with Crippen molar-refractivity contribution in [2.45, 2.75) is 13.8 Å². The van der Waals surface area contributed by atoms with Gasteiger partial charge in [0.05, 0.1) is 10.8 Å². The second-order valence-electron chi connectivity index (χ2n) is 4.37. The fraction of sp³-hybridized carbons (Fsp3) is 0.417. The van der Waals surface area contributed by atoms with E-state index >= 15 is 0 Å². The molecular formula is C12H16N2O4. The van der Waals surface area contributed by atoms with Crippen LogP contribution in [0.15, 0.2) is 24.3 Å². The van der Waals surface area contributed by atoms with E-state index in [4.69, 9.17) is 5.11 Å². The van der Waals surface area contributed by atoms with Gasteiger partial charge < -0.3 is 10.4 Å². The molecule has 0 aliphatic rings. The zero-order valence-corrected chi connectivity index (χ0v) is 10.3. The second-order valence-corrected chi connectivity index (χ2v) is 4.37. The minimum atomic E-state index is -0.848. The van der Waals surface area contributed by atoms with Crippen molar-refractivity contribution in [1.29, 1.82) is 0 Å². The van der Waals surface area contributed by atoms with Crippen LogP contribution in [0.25, 0.3) is 0 Å². The second kappa shape index (κ2) is 6.00. The molecule has 0 aliphatic carbocycles. The van der Waals surface area contributed by atoms with E-state index in [-0.39, 0.29) is 11.6 Å². The summed E-state index contributed by atoms with van der Waals surface area (Å²) in [5, 5.41) is 22.4. The van der Waals surface area contributed by atoms with Crippen LogP contribution in [0.4, 0.5) is 11.4 Å². The molecule has 1 rings (SSSR count).